The predicted molar refractivity (Wildman–Crippen MR) is 346 cm³/mol. The van der Waals surface area contributed by atoms with Crippen LogP contribution in [0.5, 0.6) is 0 Å². The largest absolute Gasteiger partial charge is 0.379 e. The summed E-state index contributed by atoms with van der Waals surface area (Å²) >= 11 is 0. The molecule has 3 N–H and O–H groups in total. The average molecular weight is 1330 g/mol. The Bertz CT molecular complexity index is 1320. The second-order valence-electron chi connectivity index (χ2n) is 20.6. The lowest BCUT2D eigenvalue weighted by atomic mass is 9.93. The van der Waals surface area contributed by atoms with Gasteiger partial charge in [0.05, 0.1) is 297 Å². The Balaban J connectivity index is 3.19. The van der Waals surface area contributed by atoms with Crippen LogP contribution in [-0.2, 0) is 114 Å². The number of rotatable bonds is 85. The number of nitrogens with two attached hydrogens (primary N) is 1. The summed E-state index contributed by atoms with van der Waals surface area (Å²) in [6.07, 6.45) is 15.2. The van der Waals surface area contributed by atoms with Crippen LogP contribution in [0.1, 0.15) is 97.3 Å². The molecule has 0 aromatic rings. The van der Waals surface area contributed by atoms with E-state index in [0.717, 1.165) is 32.1 Å². The van der Waals surface area contributed by atoms with Gasteiger partial charge in [-0.3, -0.25) is 4.79 Å². The van der Waals surface area contributed by atoms with E-state index in [1.807, 2.05) is 0 Å². The average Bonchev–Trinajstić information content (AvgIpc) is 3.56. The molecule has 1 atom stereocenters. The molecule has 0 aromatic carbocycles. The van der Waals surface area contributed by atoms with Gasteiger partial charge < -0.3 is 120 Å². The van der Waals surface area contributed by atoms with Crippen LogP contribution in [-0.4, -0.2) is 323 Å². The fraction of sp³-hybridized carbons (Fsp3) is 0.985. The van der Waals surface area contributed by atoms with Crippen molar-refractivity contribution in [1.82, 2.24) is 5.32 Å². The van der Waals surface area contributed by atoms with E-state index in [9.17, 15) is 4.79 Å². The molecule has 0 rings (SSSR count). The van der Waals surface area contributed by atoms with Crippen molar-refractivity contribution in [2.45, 2.75) is 97.3 Å². The number of carbonyl (C=O) groups excluding carboxylic acids is 1. The molecule has 0 heterocycles. The highest BCUT2D eigenvalue weighted by atomic mass is 16.6. The van der Waals surface area contributed by atoms with Crippen LogP contribution >= 0.6 is 0 Å². The third kappa shape index (κ3) is 80.9. The molecule has 26 nitrogen and oxygen atoms in total. The van der Waals surface area contributed by atoms with Crippen LogP contribution in [0.25, 0.3) is 0 Å². The van der Waals surface area contributed by atoms with Gasteiger partial charge in [-0.2, -0.15) is 0 Å². The molecule has 0 spiro atoms. The zero-order valence-electron chi connectivity index (χ0n) is 57.1. The summed E-state index contributed by atoms with van der Waals surface area (Å²) in [6, 6.07) is 0. The van der Waals surface area contributed by atoms with Gasteiger partial charge in [-0.05, 0) is 19.3 Å². The topological polar surface area (TPSA) is 267 Å². The molecule has 1 unspecified atom stereocenters. The minimum Gasteiger partial charge on any atom is -0.379 e. The molecule has 0 aliphatic carbocycles. The van der Waals surface area contributed by atoms with Crippen molar-refractivity contribution in [1.29, 1.82) is 0 Å². The molecule has 0 radical (unpaired) electrons. The Morgan fingerprint density at radius 2 is 0.396 bits per heavy atom. The van der Waals surface area contributed by atoms with E-state index >= 15 is 0 Å². The number of hydrogen-bond donors (Lipinski definition) is 2. The highest BCUT2D eigenvalue weighted by Crippen LogP contribution is 2.19. The zero-order valence-corrected chi connectivity index (χ0v) is 57.1. The SMILES string of the molecule is CCCCCCCCC(CCCCCC)C(=O)NCCCOCCOCCOCCOCCOCCOCCOCCOCCOCCOCCOCCOCCOCCOCCOCCOCCOCCOCCOCCOCCOCCOCCOCCN. The van der Waals surface area contributed by atoms with E-state index in [0.29, 0.717) is 317 Å². The number of unbranched alkanes of at least 4 members (excludes halogenated alkanes) is 8. The first-order valence-corrected chi connectivity index (χ1v) is 34.5. The molecule has 0 aliphatic heterocycles. The Labute approximate surface area is 549 Å². The standard InChI is InChI=1S/C65H132N2O24/c1-3-5-7-9-10-12-15-64(14-11-8-6-4-2)65(68)67-17-13-18-69-20-22-71-24-26-73-28-30-75-32-34-77-36-38-79-40-42-81-44-46-83-48-50-85-52-54-87-56-58-89-60-62-91-63-61-90-59-57-88-55-53-86-51-49-84-47-45-82-43-41-80-39-37-78-35-33-76-31-29-74-27-25-72-23-21-70-19-16-66/h64H,3-63,66H2,1-2H3,(H,67,68). The van der Waals surface area contributed by atoms with Gasteiger partial charge in [0.25, 0.3) is 0 Å². The van der Waals surface area contributed by atoms with E-state index in [2.05, 4.69) is 19.2 Å². The van der Waals surface area contributed by atoms with Crippen molar-refractivity contribution in [3.05, 3.63) is 0 Å². The quantitative estimate of drug-likeness (QED) is 0.0744. The maximum atomic E-state index is 12.9. The highest BCUT2D eigenvalue weighted by molar-refractivity contribution is 5.78. The first-order valence-electron chi connectivity index (χ1n) is 34.5. The lowest BCUT2D eigenvalue weighted by molar-refractivity contribution is -0.125. The molecule has 91 heavy (non-hydrogen) atoms. The molecule has 0 aliphatic rings. The van der Waals surface area contributed by atoms with Crippen molar-refractivity contribution in [3.8, 4) is 0 Å². The van der Waals surface area contributed by atoms with Crippen molar-refractivity contribution in [2.75, 3.05) is 317 Å². The second-order valence-corrected chi connectivity index (χ2v) is 20.6. The fourth-order valence-electron chi connectivity index (χ4n) is 7.95. The summed E-state index contributed by atoms with van der Waals surface area (Å²) in [5.74, 6) is 0.365. The van der Waals surface area contributed by atoms with Crippen LogP contribution in [0.2, 0.25) is 0 Å². The third-order valence-electron chi connectivity index (χ3n) is 12.9. The van der Waals surface area contributed by atoms with Crippen LogP contribution < -0.4 is 11.1 Å². The molecule has 0 saturated carbocycles. The smallest absolute Gasteiger partial charge is 0.223 e. The fourth-order valence-corrected chi connectivity index (χ4v) is 7.95. The van der Waals surface area contributed by atoms with E-state index in [4.69, 9.17) is 115 Å². The maximum Gasteiger partial charge on any atom is 0.223 e. The summed E-state index contributed by atoms with van der Waals surface area (Å²) in [7, 11) is 0. The molecule has 0 fully saturated rings. The minimum absolute atomic E-state index is 0.144. The third-order valence-corrected chi connectivity index (χ3v) is 12.9. The zero-order chi connectivity index (χ0) is 65.3. The van der Waals surface area contributed by atoms with Crippen molar-refractivity contribution in [3.63, 3.8) is 0 Å². The number of nitrogens with one attached hydrogen (secondary N) is 1. The van der Waals surface area contributed by atoms with Gasteiger partial charge in [0, 0.05) is 25.6 Å². The van der Waals surface area contributed by atoms with E-state index < -0.39 is 0 Å². The molecule has 0 aromatic heterocycles. The second kappa shape index (κ2) is 84.6. The summed E-state index contributed by atoms with van der Waals surface area (Å²) in [6.45, 7) is 28.6. The lowest BCUT2D eigenvalue weighted by Crippen LogP contribution is -2.32. The summed E-state index contributed by atoms with van der Waals surface area (Å²) in [5, 5.41) is 3.16. The first kappa shape index (κ1) is 89.5. The molecular weight excluding hydrogens is 1190 g/mol. The number of amides is 1. The van der Waals surface area contributed by atoms with Crippen LogP contribution in [0.4, 0.5) is 0 Å². The van der Waals surface area contributed by atoms with Crippen molar-refractivity contribution in [2.24, 2.45) is 11.7 Å². The first-order chi connectivity index (χ1) is 45.3. The summed E-state index contributed by atoms with van der Waals surface area (Å²) in [4.78, 5) is 12.9. The summed E-state index contributed by atoms with van der Waals surface area (Å²) < 4.78 is 127. The van der Waals surface area contributed by atoms with Gasteiger partial charge in [-0.25, -0.2) is 0 Å². The van der Waals surface area contributed by atoms with Crippen LogP contribution in [0.3, 0.4) is 0 Å². The van der Waals surface area contributed by atoms with Crippen molar-refractivity contribution < 1.29 is 114 Å². The Morgan fingerprint density at radius 3 is 0.593 bits per heavy atom. The molecular formula is C65H132N2O24. The summed E-state index contributed by atoms with van der Waals surface area (Å²) in [5.41, 5.74) is 5.35. The molecule has 26 heteroatoms. The van der Waals surface area contributed by atoms with Crippen molar-refractivity contribution >= 4 is 5.91 Å². The molecule has 1 amide bonds. The highest BCUT2D eigenvalue weighted by Gasteiger charge is 2.17. The lowest BCUT2D eigenvalue weighted by Gasteiger charge is -2.17. The van der Waals surface area contributed by atoms with Crippen LogP contribution in [0, 0.1) is 5.92 Å². The van der Waals surface area contributed by atoms with E-state index in [1.54, 1.807) is 0 Å². The maximum absolute atomic E-state index is 12.9. The monoisotopic (exact) mass is 1320 g/mol. The predicted octanol–water partition coefficient (Wildman–Crippen LogP) is 5.17. The normalized spacial score (nSPS) is 12.1. The number of carbonyl (C=O) groups is 1. The van der Waals surface area contributed by atoms with Crippen LogP contribution in [0.15, 0.2) is 0 Å². The Hall–Kier alpha value is -1.49. The minimum atomic E-state index is 0.144. The van der Waals surface area contributed by atoms with E-state index in [1.165, 1.54) is 51.4 Å². The van der Waals surface area contributed by atoms with Gasteiger partial charge in [0.15, 0.2) is 0 Å². The van der Waals surface area contributed by atoms with Gasteiger partial charge in [0.1, 0.15) is 0 Å². The van der Waals surface area contributed by atoms with Gasteiger partial charge >= 0.3 is 0 Å². The Morgan fingerprint density at radius 1 is 0.231 bits per heavy atom. The Kier molecular flexibility index (Phi) is 83.2. The number of ether oxygens (including phenoxy) is 23. The van der Waals surface area contributed by atoms with E-state index in [-0.39, 0.29) is 11.8 Å². The van der Waals surface area contributed by atoms with Gasteiger partial charge in [0.2, 0.25) is 5.91 Å². The van der Waals surface area contributed by atoms with Gasteiger partial charge in [-0.15, -0.1) is 0 Å². The molecule has 0 saturated heterocycles. The number of hydrogen-bond acceptors (Lipinski definition) is 25. The molecule has 0 bridgehead atoms. The molecule has 546 valence electrons. The van der Waals surface area contributed by atoms with Gasteiger partial charge in [-0.1, -0.05) is 78.1 Å².